The molecule has 0 radical (unpaired) electrons. The van der Waals surface area contributed by atoms with Crippen molar-refractivity contribution in [1.82, 2.24) is 4.98 Å². The number of carbonyl (C=O) groups is 2. The summed E-state index contributed by atoms with van der Waals surface area (Å²) in [6.45, 7) is 0. The lowest BCUT2D eigenvalue weighted by Crippen LogP contribution is -2.14. The molecular formula is C13H9BrN2O3. The van der Waals surface area contributed by atoms with Crippen LogP contribution in [-0.2, 0) is 0 Å². The highest BCUT2D eigenvalue weighted by atomic mass is 79.9. The number of rotatable bonds is 3. The first-order chi connectivity index (χ1) is 9.06. The zero-order chi connectivity index (χ0) is 13.8. The number of pyridine rings is 1. The summed E-state index contributed by atoms with van der Waals surface area (Å²) in [5.74, 6) is -1.28. The van der Waals surface area contributed by atoms with Gasteiger partial charge < -0.3 is 10.4 Å². The van der Waals surface area contributed by atoms with Crippen LogP contribution < -0.4 is 5.32 Å². The molecule has 0 atom stereocenters. The Bertz CT molecular complexity index is 626. The second-order valence-electron chi connectivity index (χ2n) is 3.67. The fourth-order valence-electron chi connectivity index (χ4n) is 1.41. The van der Waals surface area contributed by atoms with Gasteiger partial charge in [0.25, 0.3) is 5.91 Å². The summed E-state index contributed by atoms with van der Waals surface area (Å²) in [7, 11) is 0. The number of benzene rings is 1. The number of halogens is 1. The van der Waals surface area contributed by atoms with Gasteiger partial charge in [0.15, 0.2) is 5.69 Å². The molecule has 0 aliphatic carbocycles. The molecule has 6 heteroatoms. The fraction of sp³-hybridized carbons (Fsp3) is 0. The largest absolute Gasteiger partial charge is 0.477 e. The summed E-state index contributed by atoms with van der Waals surface area (Å²) in [5.41, 5.74) is 0.347. The fourth-order valence-corrected chi connectivity index (χ4v) is 1.68. The van der Waals surface area contributed by atoms with Gasteiger partial charge in [0, 0.05) is 10.0 Å². The number of aromatic carboxylic acids is 1. The summed E-state index contributed by atoms with van der Waals surface area (Å²) in [6.07, 6.45) is 0. The quantitative estimate of drug-likeness (QED) is 0.911. The van der Waals surface area contributed by atoms with E-state index < -0.39 is 5.97 Å². The minimum absolute atomic E-state index is 0.117. The van der Waals surface area contributed by atoms with Crippen molar-refractivity contribution < 1.29 is 14.7 Å². The Morgan fingerprint density at radius 3 is 2.42 bits per heavy atom. The van der Waals surface area contributed by atoms with Crippen molar-refractivity contribution in [3.05, 3.63) is 58.2 Å². The summed E-state index contributed by atoms with van der Waals surface area (Å²) in [5, 5.41) is 11.4. The van der Waals surface area contributed by atoms with Gasteiger partial charge in [-0.3, -0.25) is 4.79 Å². The van der Waals surface area contributed by atoms with Gasteiger partial charge in [-0.15, -0.1) is 0 Å². The molecule has 0 saturated heterocycles. The third-order valence-electron chi connectivity index (χ3n) is 2.32. The van der Waals surface area contributed by atoms with Crippen LogP contribution in [0.25, 0.3) is 0 Å². The van der Waals surface area contributed by atoms with Crippen LogP contribution >= 0.6 is 15.9 Å². The highest BCUT2D eigenvalue weighted by Crippen LogP contribution is 2.12. The van der Waals surface area contributed by atoms with Crippen LogP contribution in [0.2, 0.25) is 0 Å². The Balaban J connectivity index is 2.17. The first-order valence-corrected chi connectivity index (χ1v) is 6.13. The Hall–Kier alpha value is -2.21. The van der Waals surface area contributed by atoms with Gasteiger partial charge in [0.1, 0.15) is 5.82 Å². The van der Waals surface area contributed by atoms with Crippen molar-refractivity contribution in [2.75, 3.05) is 5.32 Å². The lowest BCUT2D eigenvalue weighted by Gasteiger charge is -2.05. The van der Waals surface area contributed by atoms with Crippen LogP contribution in [0.3, 0.4) is 0 Å². The van der Waals surface area contributed by atoms with Gasteiger partial charge >= 0.3 is 5.97 Å². The molecule has 0 bridgehead atoms. The second kappa shape index (κ2) is 5.62. The molecule has 1 amide bonds. The van der Waals surface area contributed by atoms with Gasteiger partial charge in [0.2, 0.25) is 0 Å². The highest BCUT2D eigenvalue weighted by molar-refractivity contribution is 9.10. The number of nitrogens with zero attached hydrogens (tertiary/aromatic N) is 1. The van der Waals surface area contributed by atoms with Gasteiger partial charge in [-0.25, -0.2) is 9.78 Å². The standard InChI is InChI=1S/C13H9BrN2O3/c14-9-6-4-8(5-7-9)12(17)16-11-3-1-2-10(15-11)13(18)19/h1-7H,(H,18,19)(H,15,16,17). The summed E-state index contributed by atoms with van der Waals surface area (Å²) < 4.78 is 0.870. The lowest BCUT2D eigenvalue weighted by molar-refractivity contribution is 0.0690. The third-order valence-corrected chi connectivity index (χ3v) is 2.84. The highest BCUT2D eigenvalue weighted by Gasteiger charge is 2.09. The van der Waals surface area contributed by atoms with Crippen LogP contribution in [0.1, 0.15) is 20.8 Å². The van der Waals surface area contributed by atoms with E-state index in [2.05, 4.69) is 26.2 Å². The van der Waals surface area contributed by atoms with Crippen molar-refractivity contribution in [2.45, 2.75) is 0 Å². The van der Waals surface area contributed by atoms with E-state index in [1.807, 2.05) is 0 Å². The number of anilines is 1. The first-order valence-electron chi connectivity index (χ1n) is 5.33. The maximum Gasteiger partial charge on any atom is 0.354 e. The molecule has 0 aliphatic heterocycles. The minimum atomic E-state index is -1.14. The molecule has 0 spiro atoms. The van der Waals surface area contributed by atoms with Crippen molar-refractivity contribution in [1.29, 1.82) is 0 Å². The van der Waals surface area contributed by atoms with Crippen LogP contribution in [-0.4, -0.2) is 22.0 Å². The van der Waals surface area contributed by atoms with Crippen molar-refractivity contribution in [3.8, 4) is 0 Å². The Labute approximate surface area is 117 Å². The topological polar surface area (TPSA) is 79.3 Å². The Kier molecular flexibility index (Phi) is 3.91. The Morgan fingerprint density at radius 1 is 1.11 bits per heavy atom. The molecule has 2 rings (SSSR count). The van der Waals surface area contributed by atoms with Crippen LogP contribution in [0, 0.1) is 0 Å². The van der Waals surface area contributed by atoms with E-state index in [-0.39, 0.29) is 17.4 Å². The number of amides is 1. The van der Waals surface area contributed by atoms with Crippen LogP contribution in [0.5, 0.6) is 0 Å². The van der Waals surface area contributed by atoms with Gasteiger partial charge in [-0.1, -0.05) is 22.0 Å². The normalized spacial score (nSPS) is 9.95. The van der Waals surface area contributed by atoms with Crippen molar-refractivity contribution in [3.63, 3.8) is 0 Å². The van der Waals surface area contributed by atoms with E-state index >= 15 is 0 Å². The third kappa shape index (κ3) is 3.38. The predicted octanol–water partition coefficient (Wildman–Crippen LogP) is 2.79. The first kappa shape index (κ1) is 13.2. The maximum atomic E-state index is 11.9. The van der Waals surface area contributed by atoms with E-state index in [0.717, 1.165) is 4.47 Å². The summed E-state index contributed by atoms with van der Waals surface area (Å²) >= 11 is 3.28. The van der Waals surface area contributed by atoms with E-state index in [1.165, 1.54) is 18.2 Å². The molecule has 0 saturated carbocycles. The molecule has 0 aliphatic rings. The van der Waals surface area contributed by atoms with Gasteiger partial charge in [-0.2, -0.15) is 0 Å². The molecular weight excluding hydrogens is 312 g/mol. The Morgan fingerprint density at radius 2 is 1.79 bits per heavy atom. The zero-order valence-corrected chi connectivity index (χ0v) is 11.2. The van der Waals surface area contributed by atoms with Crippen LogP contribution in [0.4, 0.5) is 5.82 Å². The predicted molar refractivity (Wildman–Crippen MR) is 73.3 cm³/mol. The molecule has 2 N–H and O–H groups in total. The molecule has 5 nitrogen and oxygen atoms in total. The van der Waals surface area contributed by atoms with Crippen molar-refractivity contribution >= 4 is 33.6 Å². The molecule has 1 aromatic carbocycles. The van der Waals surface area contributed by atoms with E-state index in [1.54, 1.807) is 24.3 Å². The molecule has 1 heterocycles. The minimum Gasteiger partial charge on any atom is -0.477 e. The second-order valence-corrected chi connectivity index (χ2v) is 4.59. The molecule has 0 unspecified atom stereocenters. The van der Waals surface area contributed by atoms with Crippen molar-refractivity contribution in [2.24, 2.45) is 0 Å². The molecule has 1 aromatic heterocycles. The van der Waals surface area contributed by atoms with Gasteiger partial charge in [0.05, 0.1) is 0 Å². The molecule has 19 heavy (non-hydrogen) atoms. The summed E-state index contributed by atoms with van der Waals surface area (Å²) in [4.78, 5) is 26.5. The zero-order valence-electron chi connectivity index (χ0n) is 9.63. The number of carboxylic acids is 1. The number of carbonyl (C=O) groups excluding carboxylic acids is 1. The number of nitrogens with one attached hydrogen (secondary N) is 1. The SMILES string of the molecule is O=C(Nc1cccc(C(=O)O)n1)c1ccc(Br)cc1. The monoisotopic (exact) mass is 320 g/mol. The number of carboxylic acid groups (broad SMARTS) is 1. The molecule has 96 valence electrons. The average Bonchev–Trinajstić information content (AvgIpc) is 2.39. The van der Waals surface area contributed by atoms with E-state index in [4.69, 9.17) is 5.11 Å². The maximum absolute atomic E-state index is 11.9. The number of aromatic nitrogens is 1. The van der Waals surface area contributed by atoms with E-state index in [9.17, 15) is 9.59 Å². The number of hydrogen-bond acceptors (Lipinski definition) is 3. The van der Waals surface area contributed by atoms with Gasteiger partial charge in [-0.05, 0) is 36.4 Å². The average molecular weight is 321 g/mol. The van der Waals surface area contributed by atoms with Crippen LogP contribution in [0.15, 0.2) is 46.9 Å². The van der Waals surface area contributed by atoms with E-state index in [0.29, 0.717) is 5.56 Å². The molecule has 2 aromatic rings. The molecule has 0 fully saturated rings. The smallest absolute Gasteiger partial charge is 0.354 e. The lowest BCUT2D eigenvalue weighted by atomic mass is 10.2. The number of hydrogen-bond donors (Lipinski definition) is 2. The summed E-state index contributed by atoms with van der Waals surface area (Å²) in [6, 6.07) is 11.2.